The van der Waals surface area contributed by atoms with Gasteiger partial charge < -0.3 is 39.0 Å². The maximum atomic E-state index is 12.9. The highest BCUT2D eigenvalue weighted by atomic mass is 32.1. The van der Waals surface area contributed by atoms with Gasteiger partial charge in [-0.1, -0.05) is 81.3 Å². The predicted molar refractivity (Wildman–Crippen MR) is 244 cm³/mol. The van der Waals surface area contributed by atoms with E-state index in [1.807, 2.05) is 24.4 Å². The van der Waals surface area contributed by atoms with Gasteiger partial charge in [-0.3, -0.25) is 9.69 Å². The van der Waals surface area contributed by atoms with E-state index in [0.29, 0.717) is 12.2 Å². The molecule has 3 N–H and O–H groups in total. The lowest BCUT2D eigenvalue weighted by Crippen LogP contribution is -2.44. The Hall–Kier alpha value is -5.57. The maximum Gasteiger partial charge on any atom is 0.407 e. The van der Waals surface area contributed by atoms with E-state index < -0.39 is 6.09 Å². The fourth-order valence-electron chi connectivity index (χ4n) is 7.23. The lowest BCUT2D eigenvalue weighted by Gasteiger charge is -2.36. The molecule has 0 aliphatic carbocycles. The summed E-state index contributed by atoms with van der Waals surface area (Å²) in [6.45, 7) is 10.9. The molecule has 3 saturated heterocycles. The summed E-state index contributed by atoms with van der Waals surface area (Å²) in [4.78, 5) is 54.8. The number of H-pyrrole nitrogens is 2. The fraction of sp³-hybridized carbons (Fsp3) is 0.426. The van der Waals surface area contributed by atoms with Gasteiger partial charge in [0.25, 0.3) is 0 Å². The third-order valence-corrected chi connectivity index (χ3v) is 11.4. The number of ether oxygens (including phenoxy) is 1. The first kappa shape index (κ1) is 46.5. The number of benzene rings is 2. The number of hydrogen-bond donors (Lipinski definition) is 3. The van der Waals surface area contributed by atoms with E-state index in [2.05, 4.69) is 114 Å². The number of aldehydes is 1. The molecule has 0 saturated carbocycles. The van der Waals surface area contributed by atoms with E-state index in [-0.39, 0.29) is 12.6 Å². The predicted octanol–water partition coefficient (Wildman–Crippen LogP) is 9.45. The fourth-order valence-corrected chi connectivity index (χ4v) is 8.26. The van der Waals surface area contributed by atoms with Gasteiger partial charge in [-0.05, 0) is 88.4 Å². The highest BCUT2D eigenvalue weighted by molar-refractivity contribution is 7.22. The molecular formula is C47H62N8O5S. The summed E-state index contributed by atoms with van der Waals surface area (Å²) >= 11 is 1.72. The number of imidazole rings is 2. The molecule has 61 heavy (non-hydrogen) atoms. The molecule has 7 heterocycles. The van der Waals surface area contributed by atoms with Crippen molar-refractivity contribution in [2.24, 2.45) is 0 Å². The van der Waals surface area contributed by atoms with Crippen LogP contribution in [0, 0.1) is 0 Å². The summed E-state index contributed by atoms with van der Waals surface area (Å²) < 4.78 is 11.2. The normalized spacial score (nSPS) is 15.4. The number of fused-ring (bicyclic) bond motifs is 1. The average molecular weight is 851 g/mol. The number of likely N-dealkylation sites (tertiary alicyclic amines) is 3. The Balaban J connectivity index is 0.000000170. The van der Waals surface area contributed by atoms with Crippen LogP contribution >= 0.6 is 11.3 Å². The number of furan rings is 1. The van der Waals surface area contributed by atoms with Crippen molar-refractivity contribution in [3.8, 4) is 33.2 Å². The number of carbonyl (C=O) groups excluding carboxylic acids is 3. The molecule has 14 heteroatoms. The minimum Gasteiger partial charge on any atom is -0.454 e. The number of amides is 2. The van der Waals surface area contributed by atoms with Crippen LogP contribution in [0.4, 0.5) is 4.79 Å². The van der Waals surface area contributed by atoms with E-state index in [1.165, 1.54) is 69.2 Å². The molecule has 9 rings (SSSR count). The van der Waals surface area contributed by atoms with Crippen LogP contribution in [0.3, 0.4) is 0 Å². The smallest absolute Gasteiger partial charge is 0.407 e. The number of thiophene rings is 1. The van der Waals surface area contributed by atoms with Crippen molar-refractivity contribution in [2.75, 3.05) is 60.0 Å². The minimum absolute atomic E-state index is 0.00662. The Morgan fingerprint density at radius 1 is 0.820 bits per heavy atom. The second-order valence-corrected chi connectivity index (χ2v) is 16.2. The maximum absolute atomic E-state index is 12.9. The number of alkyl carbamates (subject to hydrolysis) is 1. The van der Waals surface area contributed by atoms with Gasteiger partial charge in [-0.25, -0.2) is 14.8 Å². The van der Waals surface area contributed by atoms with E-state index >= 15 is 0 Å². The number of hydrogen-bond acceptors (Lipinski definition) is 10. The standard InChI is InChI=1S/C18H12N4OS.C17H24N2O.C5H11N.C4H7NO3.C3H8/c1-3-12(4-2-11(1)13-7-19-9-21-13)17-6-16-18(24-17)5-15(23-16)14-8-20-10-22-14;20-17(19-13-7-8-14-19)16(15-9-3-1-4-10-15)18-11-5-2-6-12-18;1-6-4-2-3-5-6;1-8-4(7)5-2-3-6;1-3-2/h1-10H,(H,19,21)(H,20,22);1,3-4,9-10,16H,2,5-8,11-14H2;2-5H2,1H3;3H,2H2,1H3,(H,5,7);3H2,1-2H3. The van der Waals surface area contributed by atoms with Crippen molar-refractivity contribution < 1.29 is 23.5 Å². The zero-order valence-electron chi connectivity index (χ0n) is 36.1. The monoisotopic (exact) mass is 850 g/mol. The van der Waals surface area contributed by atoms with Crippen molar-refractivity contribution in [3.05, 3.63) is 97.3 Å². The summed E-state index contributed by atoms with van der Waals surface area (Å²) in [5.41, 5.74) is 6.27. The minimum atomic E-state index is -0.586. The molecule has 1 atom stereocenters. The first-order valence-electron chi connectivity index (χ1n) is 21.5. The van der Waals surface area contributed by atoms with Gasteiger partial charge in [0.2, 0.25) is 5.91 Å². The molecule has 0 bridgehead atoms. The first-order valence-corrected chi connectivity index (χ1v) is 22.3. The van der Waals surface area contributed by atoms with Crippen molar-refractivity contribution in [3.63, 3.8) is 0 Å². The molecule has 2 amide bonds. The van der Waals surface area contributed by atoms with Crippen LogP contribution in [0.1, 0.15) is 76.8 Å². The molecule has 1 unspecified atom stereocenters. The first-order chi connectivity index (χ1) is 29.8. The van der Waals surface area contributed by atoms with Crippen LogP contribution < -0.4 is 5.32 Å². The third-order valence-electron chi connectivity index (χ3n) is 10.3. The molecule has 6 aromatic rings. The number of nitrogens with zero attached hydrogens (tertiary/aromatic N) is 5. The SMILES string of the molecule is CCC.CN1CCCC1.COC(=O)NCC=O.O=C(C(c1ccccc1)N1CCCCC1)N1CCCC1.c1ncc(-c2ccc(-c3cc4oc(-c5cnc[nH]5)cc4s3)cc2)[nH]1. The van der Waals surface area contributed by atoms with Crippen LogP contribution in [-0.2, 0) is 14.3 Å². The second kappa shape index (κ2) is 25.3. The lowest BCUT2D eigenvalue weighted by molar-refractivity contribution is -0.136. The summed E-state index contributed by atoms with van der Waals surface area (Å²) in [5, 5.41) is 2.15. The van der Waals surface area contributed by atoms with Crippen LogP contribution in [0.25, 0.3) is 43.4 Å². The van der Waals surface area contributed by atoms with Crippen LogP contribution in [-0.4, -0.2) is 113 Å². The Morgan fingerprint density at radius 2 is 1.41 bits per heavy atom. The molecule has 2 aromatic carbocycles. The lowest BCUT2D eigenvalue weighted by atomic mass is 10.0. The van der Waals surface area contributed by atoms with Crippen molar-refractivity contribution in [2.45, 2.75) is 71.3 Å². The molecule has 13 nitrogen and oxygen atoms in total. The summed E-state index contributed by atoms with van der Waals surface area (Å²) in [6.07, 6.45) is 17.1. The van der Waals surface area contributed by atoms with Gasteiger partial charge in [0.1, 0.15) is 23.6 Å². The zero-order valence-corrected chi connectivity index (χ0v) is 36.9. The highest BCUT2D eigenvalue weighted by Crippen LogP contribution is 2.38. The van der Waals surface area contributed by atoms with Gasteiger partial charge in [-0.2, -0.15) is 0 Å². The molecule has 3 fully saturated rings. The number of aromatic amines is 2. The van der Waals surface area contributed by atoms with Crippen molar-refractivity contribution in [1.82, 2.24) is 40.0 Å². The summed E-state index contributed by atoms with van der Waals surface area (Å²) in [7, 11) is 3.41. The summed E-state index contributed by atoms with van der Waals surface area (Å²) in [5.74, 6) is 1.13. The molecule has 0 spiro atoms. The van der Waals surface area contributed by atoms with Crippen molar-refractivity contribution >= 4 is 39.9 Å². The van der Waals surface area contributed by atoms with Crippen LogP contribution in [0.2, 0.25) is 0 Å². The van der Waals surface area contributed by atoms with E-state index in [9.17, 15) is 14.4 Å². The van der Waals surface area contributed by atoms with E-state index in [4.69, 9.17) is 4.42 Å². The molecule has 326 valence electrons. The molecule has 3 aliphatic heterocycles. The number of rotatable bonds is 8. The number of aromatic nitrogens is 4. The topological polar surface area (TPSA) is 153 Å². The average Bonchev–Trinajstić information content (AvgIpc) is 4.15. The third kappa shape index (κ3) is 14.3. The zero-order chi connectivity index (χ0) is 43.2. The highest BCUT2D eigenvalue weighted by Gasteiger charge is 2.33. The second-order valence-electron chi connectivity index (χ2n) is 15.2. The van der Waals surface area contributed by atoms with Gasteiger partial charge in [-0.15, -0.1) is 11.3 Å². The number of nitrogens with one attached hydrogen (secondary N) is 3. The molecule has 4 aromatic heterocycles. The number of piperidine rings is 1. The van der Waals surface area contributed by atoms with Gasteiger partial charge in [0, 0.05) is 30.1 Å². The molecule has 3 aliphatic rings. The van der Waals surface area contributed by atoms with E-state index in [1.54, 1.807) is 30.2 Å². The van der Waals surface area contributed by atoms with Crippen molar-refractivity contribution in [1.29, 1.82) is 0 Å². The largest absolute Gasteiger partial charge is 0.454 e. The molecule has 0 radical (unpaired) electrons. The van der Waals surface area contributed by atoms with Gasteiger partial charge in [0.05, 0.1) is 49.1 Å². The van der Waals surface area contributed by atoms with Crippen LogP contribution in [0.15, 0.2) is 96.2 Å². The quantitative estimate of drug-likeness (QED) is 0.127. The Kier molecular flexibility index (Phi) is 19.3. The van der Waals surface area contributed by atoms with Gasteiger partial charge >= 0.3 is 6.09 Å². The number of methoxy groups -OCH3 is 1. The number of carbonyl (C=O) groups is 3. The van der Waals surface area contributed by atoms with E-state index in [0.717, 1.165) is 77.6 Å². The Bertz CT molecular complexity index is 2080. The summed E-state index contributed by atoms with van der Waals surface area (Å²) in [6, 6.07) is 22.8. The molecular weight excluding hydrogens is 789 g/mol. The Morgan fingerprint density at radius 3 is 1.95 bits per heavy atom. The van der Waals surface area contributed by atoms with Gasteiger partial charge in [0.15, 0.2) is 5.76 Å². The van der Waals surface area contributed by atoms with Crippen LogP contribution in [0.5, 0.6) is 0 Å². The Labute approximate surface area is 363 Å².